The third kappa shape index (κ3) is 5.98. The second-order valence-corrected chi connectivity index (χ2v) is 11.2. The Labute approximate surface area is 227 Å². The molecule has 5 rings (SSSR count). The number of aryl methyl sites for hydroxylation is 1. The van der Waals surface area contributed by atoms with Gasteiger partial charge in [0, 0.05) is 32.3 Å². The van der Waals surface area contributed by atoms with E-state index in [4.69, 9.17) is 19.3 Å². The van der Waals surface area contributed by atoms with Crippen molar-refractivity contribution < 1.29 is 27.0 Å². The normalized spacial score (nSPS) is 15.5. The summed E-state index contributed by atoms with van der Waals surface area (Å²) in [7, 11) is -0.677. The van der Waals surface area contributed by atoms with E-state index in [1.54, 1.807) is 23.9 Å². The van der Waals surface area contributed by atoms with Gasteiger partial charge in [-0.25, -0.2) is 17.5 Å². The molecule has 0 radical (unpaired) electrons. The van der Waals surface area contributed by atoms with Crippen molar-refractivity contribution >= 4 is 10.0 Å². The highest BCUT2D eigenvalue weighted by Crippen LogP contribution is 2.36. The van der Waals surface area contributed by atoms with Gasteiger partial charge in [-0.2, -0.15) is 9.40 Å². The Kier molecular flexibility index (Phi) is 7.97. The number of nitrogens with zero attached hydrogens (tertiary/aromatic N) is 3. The summed E-state index contributed by atoms with van der Waals surface area (Å²) in [6.07, 6.45) is 1.42. The first-order valence-corrected chi connectivity index (χ1v) is 14.1. The second kappa shape index (κ2) is 11.6. The third-order valence-electron chi connectivity index (χ3n) is 6.63. The maximum absolute atomic E-state index is 14.0. The fourth-order valence-electron chi connectivity index (χ4n) is 4.60. The topological polar surface area (TPSA) is 82.9 Å². The highest BCUT2D eigenvalue weighted by molar-refractivity contribution is 7.89. The molecule has 1 aliphatic rings. The van der Waals surface area contributed by atoms with Crippen molar-refractivity contribution in [2.24, 2.45) is 7.05 Å². The number of ether oxygens (including phenoxy) is 3. The van der Waals surface area contributed by atoms with Gasteiger partial charge in [-0.05, 0) is 61.4 Å². The van der Waals surface area contributed by atoms with E-state index in [1.165, 1.54) is 47.8 Å². The van der Waals surface area contributed by atoms with Crippen LogP contribution in [0.2, 0.25) is 0 Å². The number of aromatic nitrogens is 2. The molecule has 8 nitrogen and oxygen atoms in total. The Morgan fingerprint density at radius 3 is 2.36 bits per heavy atom. The van der Waals surface area contributed by atoms with Crippen LogP contribution in [-0.2, 0) is 28.4 Å². The van der Waals surface area contributed by atoms with Crippen LogP contribution in [0.15, 0.2) is 83.8 Å². The number of sulfonamides is 1. The van der Waals surface area contributed by atoms with E-state index in [2.05, 4.69) is 0 Å². The summed E-state index contributed by atoms with van der Waals surface area (Å²) in [5, 5.41) is 4.71. The van der Waals surface area contributed by atoms with Crippen LogP contribution in [0.5, 0.6) is 17.4 Å². The summed E-state index contributed by atoms with van der Waals surface area (Å²) >= 11 is 0. The molecule has 4 aromatic rings. The highest BCUT2D eigenvalue weighted by Gasteiger charge is 2.32. The van der Waals surface area contributed by atoms with E-state index >= 15 is 0 Å². The monoisotopic (exact) mass is 551 g/mol. The molecule has 0 saturated carbocycles. The molecule has 0 amide bonds. The smallest absolute Gasteiger partial charge is 0.243 e. The molecule has 1 fully saturated rings. The molecule has 0 N–H and O–H groups in total. The van der Waals surface area contributed by atoms with Gasteiger partial charge in [0.25, 0.3) is 0 Å². The van der Waals surface area contributed by atoms with E-state index in [-0.39, 0.29) is 29.9 Å². The fraction of sp³-hybridized carbons (Fsp3) is 0.276. The van der Waals surface area contributed by atoms with E-state index in [0.717, 1.165) is 18.4 Å². The summed E-state index contributed by atoms with van der Waals surface area (Å²) < 4.78 is 61.8. The highest BCUT2D eigenvalue weighted by atomic mass is 32.2. The van der Waals surface area contributed by atoms with Gasteiger partial charge in [-0.15, -0.1) is 0 Å². The predicted octanol–water partition coefficient (Wildman–Crippen LogP) is 5.40. The zero-order chi connectivity index (χ0) is 27.4. The zero-order valence-corrected chi connectivity index (χ0v) is 22.6. The number of hydrogen-bond acceptors (Lipinski definition) is 6. The molecule has 3 aromatic carbocycles. The molecular formula is C29H30FN3O5S. The Bertz CT molecular complexity index is 1500. The van der Waals surface area contributed by atoms with Crippen molar-refractivity contribution in [1.82, 2.24) is 14.1 Å². The average Bonchev–Trinajstić information content (AvgIpc) is 3.58. The van der Waals surface area contributed by atoms with Crippen LogP contribution in [0.4, 0.5) is 4.39 Å². The molecule has 1 aliphatic heterocycles. The van der Waals surface area contributed by atoms with Gasteiger partial charge < -0.3 is 14.2 Å². The predicted molar refractivity (Wildman–Crippen MR) is 145 cm³/mol. The molecule has 2 heterocycles. The largest absolute Gasteiger partial charge is 0.497 e. The van der Waals surface area contributed by atoms with Crippen LogP contribution in [0.3, 0.4) is 0 Å². The van der Waals surface area contributed by atoms with Gasteiger partial charge in [0.2, 0.25) is 15.9 Å². The van der Waals surface area contributed by atoms with Gasteiger partial charge in [0.15, 0.2) is 0 Å². The minimum atomic E-state index is -3.94. The summed E-state index contributed by atoms with van der Waals surface area (Å²) in [6, 6.07) is 21.5. The van der Waals surface area contributed by atoms with Gasteiger partial charge in [0.1, 0.15) is 23.0 Å². The first-order valence-electron chi connectivity index (χ1n) is 12.7. The quantitative estimate of drug-likeness (QED) is 0.263. The Morgan fingerprint density at radius 1 is 1.03 bits per heavy atom. The minimum absolute atomic E-state index is 0.0111. The third-order valence-corrected chi connectivity index (χ3v) is 8.45. The number of benzene rings is 3. The molecule has 0 aliphatic carbocycles. The van der Waals surface area contributed by atoms with Crippen molar-refractivity contribution in [1.29, 1.82) is 0 Å². The van der Waals surface area contributed by atoms with Gasteiger partial charge in [-0.3, -0.25) is 0 Å². The minimum Gasteiger partial charge on any atom is -0.497 e. The number of hydrogen-bond donors (Lipinski definition) is 0. The molecule has 1 atom stereocenters. The van der Waals surface area contributed by atoms with Crippen LogP contribution in [0, 0.1) is 5.82 Å². The van der Waals surface area contributed by atoms with Crippen molar-refractivity contribution in [3.8, 4) is 28.6 Å². The molecule has 0 spiro atoms. The van der Waals surface area contributed by atoms with Crippen molar-refractivity contribution in [3.63, 3.8) is 0 Å². The SMILES string of the molecule is COc1ccc(S(=O)(=O)N(Cc2c(-c3ccccc3)nn(C)c2Oc2ccc(F)cc2)C[C@H]2CCCO2)cc1. The number of halogens is 1. The average molecular weight is 552 g/mol. The van der Waals surface area contributed by atoms with E-state index in [0.29, 0.717) is 35.2 Å². The van der Waals surface area contributed by atoms with Crippen molar-refractivity contribution in [3.05, 3.63) is 90.2 Å². The molecule has 0 unspecified atom stereocenters. The van der Waals surface area contributed by atoms with Crippen molar-refractivity contribution in [2.45, 2.75) is 30.4 Å². The number of methoxy groups -OCH3 is 1. The molecule has 39 heavy (non-hydrogen) atoms. The Balaban J connectivity index is 1.59. The maximum atomic E-state index is 14.0. The van der Waals surface area contributed by atoms with Crippen LogP contribution in [0.1, 0.15) is 18.4 Å². The van der Waals surface area contributed by atoms with E-state index < -0.39 is 10.0 Å². The van der Waals surface area contributed by atoms with Crippen LogP contribution < -0.4 is 9.47 Å². The second-order valence-electron chi connectivity index (χ2n) is 9.29. The van der Waals surface area contributed by atoms with Gasteiger partial charge >= 0.3 is 0 Å². The Morgan fingerprint density at radius 2 is 1.72 bits per heavy atom. The molecular weight excluding hydrogens is 521 g/mol. The lowest BCUT2D eigenvalue weighted by Crippen LogP contribution is -2.37. The first-order chi connectivity index (χ1) is 18.8. The lowest BCUT2D eigenvalue weighted by atomic mass is 10.1. The number of rotatable bonds is 10. The van der Waals surface area contributed by atoms with Crippen LogP contribution in [-0.4, -0.2) is 48.9 Å². The molecule has 204 valence electrons. The summed E-state index contributed by atoms with van der Waals surface area (Å²) in [4.78, 5) is 0.146. The summed E-state index contributed by atoms with van der Waals surface area (Å²) in [5.41, 5.74) is 2.00. The molecule has 1 saturated heterocycles. The molecule has 1 aromatic heterocycles. The summed E-state index contributed by atoms with van der Waals surface area (Å²) in [5.74, 6) is 0.950. The van der Waals surface area contributed by atoms with Crippen LogP contribution in [0.25, 0.3) is 11.3 Å². The van der Waals surface area contributed by atoms with Crippen LogP contribution >= 0.6 is 0 Å². The molecule has 0 bridgehead atoms. The fourth-order valence-corrected chi connectivity index (χ4v) is 6.04. The van der Waals surface area contributed by atoms with Gasteiger partial charge in [-0.1, -0.05) is 30.3 Å². The first kappa shape index (κ1) is 26.9. The standard InChI is InChI=1S/C29H30FN3O5S/c1-32-29(38-24-12-10-22(30)11-13-24)27(28(31-32)21-7-4-3-5-8-21)20-33(19-25-9-6-18-37-25)39(34,35)26-16-14-23(36-2)15-17-26/h3-5,7-8,10-17,25H,6,9,18-20H2,1-2H3/t25-/m1/s1. The van der Waals surface area contributed by atoms with E-state index in [1.807, 2.05) is 30.3 Å². The lowest BCUT2D eigenvalue weighted by molar-refractivity contribution is 0.0925. The van der Waals surface area contributed by atoms with Crippen molar-refractivity contribution in [2.75, 3.05) is 20.3 Å². The van der Waals surface area contributed by atoms with Gasteiger partial charge in [0.05, 0.1) is 23.7 Å². The zero-order valence-electron chi connectivity index (χ0n) is 21.8. The Hall–Kier alpha value is -3.73. The maximum Gasteiger partial charge on any atom is 0.243 e. The lowest BCUT2D eigenvalue weighted by Gasteiger charge is -2.25. The van der Waals surface area contributed by atoms with E-state index in [9.17, 15) is 12.8 Å². The molecule has 10 heteroatoms. The summed E-state index contributed by atoms with van der Waals surface area (Å²) in [6.45, 7) is 0.762.